The van der Waals surface area contributed by atoms with Crippen LogP contribution in [0.2, 0.25) is 0 Å². The predicted octanol–water partition coefficient (Wildman–Crippen LogP) is 4.29. The summed E-state index contributed by atoms with van der Waals surface area (Å²) in [5.41, 5.74) is 3.34. The highest BCUT2D eigenvalue weighted by Crippen LogP contribution is 2.32. The molecule has 0 spiro atoms. The smallest absolute Gasteiger partial charge is 0.142 e. The summed E-state index contributed by atoms with van der Waals surface area (Å²) < 4.78 is 18.9. The van der Waals surface area contributed by atoms with E-state index in [-0.39, 0.29) is 11.9 Å². The standard InChI is InChI=1S/C20H25FN2O/c1-15(17-6-5-7-18(21)13-17)22-14-16-8-9-20(24-2)19(12-16)23-10-3-4-11-23/h5-9,12-13,15,22H,3-4,10-11,14H2,1-2H3. The van der Waals surface area contributed by atoms with Gasteiger partial charge in [-0.2, -0.15) is 0 Å². The lowest BCUT2D eigenvalue weighted by atomic mass is 10.1. The van der Waals surface area contributed by atoms with Gasteiger partial charge in [0.1, 0.15) is 11.6 Å². The van der Waals surface area contributed by atoms with Gasteiger partial charge >= 0.3 is 0 Å². The van der Waals surface area contributed by atoms with Crippen molar-refractivity contribution < 1.29 is 9.13 Å². The molecule has 1 saturated heterocycles. The molecule has 0 aliphatic carbocycles. The lowest BCUT2D eigenvalue weighted by molar-refractivity contribution is 0.414. The molecule has 1 heterocycles. The molecule has 1 aliphatic heterocycles. The normalized spacial score (nSPS) is 15.5. The summed E-state index contributed by atoms with van der Waals surface area (Å²) in [5, 5.41) is 3.47. The molecule has 1 atom stereocenters. The van der Waals surface area contributed by atoms with Gasteiger partial charge in [-0.3, -0.25) is 0 Å². The van der Waals surface area contributed by atoms with Crippen molar-refractivity contribution in [3.05, 3.63) is 59.4 Å². The summed E-state index contributed by atoms with van der Waals surface area (Å²) in [6, 6.07) is 13.2. The van der Waals surface area contributed by atoms with Gasteiger partial charge in [-0.15, -0.1) is 0 Å². The van der Waals surface area contributed by atoms with E-state index in [0.29, 0.717) is 0 Å². The third-order valence-corrected chi connectivity index (χ3v) is 4.65. The molecule has 1 fully saturated rings. The number of methoxy groups -OCH3 is 1. The van der Waals surface area contributed by atoms with Crippen LogP contribution in [0.25, 0.3) is 0 Å². The number of benzene rings is 2. The van der Waals surface area contributed by atoms with E-state index in [0.717, 1.165) is 30.9 Å². The number of ether oxygens (including phenoxy) is 1. The Morgan fingerprint density at radius 3 is 2.67 bits per heavy atom. The first-order chi connectivity index (χ1) is 11.7. The SMILES string of the molecule is COc1ccc(CNC(C)c2cccc(F)c2)cc1N1CCCC1. The van der Waals surface area contributed by atoms with Gasteiger partial charge in [0.05, 0.1) is 12.8 Å². The van der Waals surface area contributed by atoms with Crippen LogP contribution < -0.4 is 15.0 Å². The molecular weight excluding hydrogens is 303 g/mol. The van der Waals surface area contributed by atoms with Crippen molar-refractivity contribution in [2.24, 2.45) is 0 Å². The molecule has 1 N–H and O–H groups in total. The first-order valence-corrected chi connectivity index (χ1v) is 8.58. The highest BCUT2D eigenvalue weighted by molar-refractivity contribution is 5.60. The molecule has 128 valence electrons. The average molecular weight is 328 g/mol. The minimum Gasteiger partial charge on any atom is -0.495 e. The monoisotopic (exact) mass is 328 g/mol. The van der Waals surface area contributed by atoms with Crippen molar-refractivity contribution in [3.8, 4) is 5.75 Å². The third-order valence-electron chi connectivity index (χ3n) is 4.65. The van der Waals surface area contributed by atoms with Crippen LogP contribution >= 0.6 is 0 Å². The van der Waals surface area contributed by atoms with E-state index in [1.807, 2.05) is 12.1 Å². The van der Waals surface area contributed by atoms with Crippen molar-refractivity contribution in [2.75, 3.05) is 25.1 Å². The van der Waals surface area contributed by atoms with E-state index >= 15 is 0 Å². The molecule has 1 unspecified atom stereocenters. The maximum Gasteiger partial charge on any atom is 0.142 e. The second kappa shape index (κ2) is 7.67. The van der Waals surface area contributed by atoms with Gasteiger partial charge < -0.3 is 15.0 Å². The largest absolute Gasteiger partial charge is 0.495 e. The fourth-order valence-electron chi connectivity index (χ4n) is 3.22. The summed E-state index contributed by atoms with van der Waals surface area (Å²) in [6.45, 7) is 4.97. The molecule has 2 aromatic rings. The van der Waals surface area contributed by atoms with E-state index in [1.165, 1.54) is 30.2 Å². The van der Waals surface area contributed by atoms with Gasteiger partial charge in [0.15, 0.2) is 0 Å². The molecular formula is C20H25FN2O. The lowest BCUT2D eigenvalue weighted by Crippen LogP contribution is -2.20. The van der Waals surface area contributed by atoms with E-state index in [4.69, 9.17) is 4.74 Å². The Labute approximate surface area is 143 Å². The van der Waals surface area contributed by atoms with Gasteiger partial charge in [0.25, 0.3) is 0 Å². The number of hydrogen-bond acceptors (Lipinski definition) is 3. The zero-order valence-corrected chi connectivity index (χ0v) is 14.4. The second-order valence-corrected chi connectivity index (χ2v) is 6.36. The fourth-order valence-corrected chi connectivity index (χ4v) is 3.22. The summed E-state index contributed by atoms with van der Waals surface area (Å²) in [7, 11) is 1.72. The van der Waals surface area contributed by atoms with Crippen LogP contribution in [0, 0.1) is 5.82 Å². The summed E-state index contributed by atoms with van der Waals surface area (Å²) in [6.07, 6.45) is 2.48. The zero-order chi connectivity index (χ0) is 16.9. The quantitative estimate of drug-likeness (QED) is 0.856. The van der Waals surface area contributed by atoms with Crippen molar-refractivity contribution in [2.45, 2.75) is 32.4 Å². The van der Waals surface area contributed by atoms with Gasteiger partial charge in [-0.1, -0.05) is 18.2 Å². The molecule has 2 aromatic carbocycles. The highest BCUT2D eigenvalue weighted by Gasteiger charge is 2.17. The van der Waals surface area contributed by atoms with Crippen molar-refractivity contribution in [1.82, 2.24) is 5.32 Å². The molecule has 0 bridgehead atoms. The maximum atomic E-state index is 13.4. The molecule has 1 aliphatic rings. The summed E-state index contributed by atoms with van der Waals surface area (Å²) in [4.78, 5) is 2.39. The first kappa shape index (κ1) is 16.8. The van der Waals surface area contributed by atoms with Crippen LogP contribution in [-0.2, 0) is 6.54 Å². The number of halogens is 1. The van der Waals surface area contributed by atoms with Crippen LogP contribution in [0.5, 0.6) is 5.75 Å². The van der Waals surface area contributed by atoms with E-state index < -0.39 is 0 Å². The first-order valence-electron chi connectivity index (χ1n) is 8.58. The molecule has 24 heavy (non-hydrogen) atoms. The van der Waals surface area contributed by atoms with Gasteiger partial charge in [0.2, 0.25) is 0 Å². The number of rotatable bonds is 6. The minimum absolute atomic E-state index is 0.0954. The number of nitrogens with one attached hydrogen (secondary N) is 1. The Morgan fingerprint density at radius 2 is 1.96 bits per heavy atom. The molecule has 4 heteroatoms. The van der Waals surface area contributed by atoms with Gasteiger partial charge in [-0.05, 0) is 55.2 Å². The summed E-state index contributed by atoms with van der Waals surface area (Å²) >= 11 is 0. The van der Waals surface area contributed by atoms with Crippen LogP contribution in [0.1, 0.15) is 36.9 Å². The van der Waals surface area contributed by atoms with E-state index in [2.05, 4.69) is 29.3 Å². The van der Waals surface area contributed by atoms with Gasteiger partial charge in [0, 0.05) is 25.7 Å². The minimum atomic E-state index is -0.193. The van der Waals surface area contributed by atoms with Gasteiger partial charge in [-0.25, -0.2) is 4.39 Å². The Kier molecular flexibility index (Phi) is 5.36. The average Bonchev–Trinajstić information content (AvgIpc) is 3.14. The van der Waals surface area contributed by atoms with Crippen LogP contribution in [0.15, 0.2) is 42.5 Å². The molecule has 3 rings (SSSR count). The molecule has 3 nitrogen and oxygen atoms in total. The van der Waals surface area contributed by atoms with Crippen molar-refractivity contribution >= 4 is 5.69 Å². The van der Waals surface area contributed by atoms with Crippen molar-refractivity contribution in [3.63, 3.8) is 0 Å². The Hall–Kier alpha value is -2.07. The fraction of sp³-hybridized carbons (Fsp3) is 0.400. The third kappa shape index (κ3) is 3.88. The molecule has 0 aromatic heterocycles. The topological polar surface area (TPSA) is 24.5 Å². The van der Waals surface area contributed by atoms with Crippen LogP contribution in [0.4, 0.5) is 10.1 Å². The van der Waals surface area contributed by atoms with E-state index in [9.17, 15) is 4.39 Å². The lowest BCUT2D eigenvalue weighted by Gasteiger charge is -2.22. The van der Waals surface area contributed by atoms with Crippen LogP contribution in [-0.4, -0.2) is 20.2 Å². The summed E-state index contributed by atoms with van der Waals surface area (Å²) in [5.74, 6) is 0.737. The predicted molar refractivity (Wildman–Crippen MR) is 96.1 cm³/mol. The number of anilines is 1. The Bertz CT molecular complexity index is 683. The molecule has 0 amide bonds. The number of hydrogen-bond donors (Lipinski definition) is 1. The highest BCUT2D eigenvalue weighted by atomic mass is 19.1. The Morgan fingerprint density at radius 1 is 1.17 bits per heavy atom. The van der Waals surface area contributed by atoms with Crippen LogP contribution in [0.3, 0.4) is 0 Å². The molecule has 0 radical (unpaired) electrons. The zero-order valence-electron chi connectivity index (χ0n) is 14.4. The second-order valence-electron chi connectivity index (χ2n) is 6.36. The molecule has 0 saturated carbocycles. The van der Waals surface area contributed by atoms with E-state index in [1.54, 1.807) is 19.2 Å². The van der Waals surface area contributed by atoms with Crippen molar-refractivity contribution in [1.29, 1.82) is 0 Å². The Balaban J connectivity index is 1.69. The number of nitrogens with zero attached hydrogens (tertiary/aromatic N) is 1. The maximum absolute atomic E-state index is 13.4.